The number of carbonyl (C=O) groups is 1. The van der Waals surface area contributed by atoms with Crippen LogP contribution >= 0.6 is 11.8 Å². The number of nitrogens with zero attached hydrogens (tertiary/aromatic N) is 3. The Morgan fingerprint density at radius 2 is 1.58 bits per heavy atom. The Balaban J connectivity index is 1.74. The molecular formula is C22H26N4O6S. The Hall–Kier alpha value is -3.60. The summed E-state index contributed by atoms with van der Waals surface area (Å²) in [6.45, 7) is 0. The number of hydrogen-bond acceptors (Lipinski definition) is 9. The van der Waals surface area contributed by atoms with Crippen molar-refractivity contribution in [2.24, 2.45) is 7.05 Å². The molecule has 0 bridgehead atoms. The molecule has 10 nitrogen and oxygen atoms in total. The number of amides is 1. The average Bonchev–Trinajstić information content (AvgIpc) is 3.21. The first-order valence-electron chi connectivity index (χ1n) is 9.80. The summed E-state index contributed by atoms with van der Waals surface area (Å²) in [5.74, 6) is 3.18. The molecule has 33 heavy (non-hydrogen) atoms. The maximum Gasteiger partial charge on any atom is 0.234 e. The molecule has 1 aromatic heterocycles. The highest BCUT2D eigenvalue weighted by atomic mass is 32.2. The molecule has 0 unspecified atom stereocenters. The summed E-state index contributed by atoms with van der Waals surface area (Å²) in [6.07, 6.45) is 0. The lowest BCUT2D eigenvalue weighted by Gasteiger charge is -2.14. The van der Waals surface area contributed by atoms with Crippen LogP contribution in [0.2, 0.25) is 0 Å². The van der Waals surface area contributed by atoms with Gasteiger partial charge in [0.25, 0.3) is 0 Å². The van der Waals surface area contributed by atoms with Gasteiger partial charge in [0.2, 0.25) is 11.7 Å². The quantitative estimate of drug-likeness (QED) is 0.443. The number of nitrogens with one attached hydrogen (secondary N) is 1. The van der Waals surface area contributed by atoms with Crippen molar-refractivity contribution in [3.05, 3.63) is 30.3 Å². The summed E-state index contributed by atoms with van der Waals surface area (Å²) in [4.78, 5) is 12.5. The minimum atomic E-state index is -0.208. The number of aromatic nitrogens is 3. The zero-order chi connectivity index (χ0) is 24.0. The molecule has 2 aromatic carbocycles. The van der Waals surface area contributed by atoms with Crippen LogP contribution in [-0.4, -0.2) is 62.0 Å². The van der Waals surface area contributed by atoms with Gasteiger partial charge in [0.15, 0.2) is 22.5 Å². The predicted molar refractivity (Wildman–Crippen MR) is 125 cm³/mol. The van der Waals surface area contributed by atoms with E-state index in [1.807, 2.05) is 7.05 Å². The minimum Gasteiger partial charge on any atom is -0.497 e. The molecule has 0 radical (unpaired) electrons. The largest absolute Gasteiger partial charge is 0.497 e. The van der Waals surface area contributed by atoms with Gasteiger partial charge >= 0.3 is 0 Å². The number of benzene rings is 2. The van der Waals surface area contributed by atoms with E-state index in [0.717, 1.165) is 5.56 Å². The standard InChI is InChI=1S/C22H26N4O6S/c1-26-21(13-9-17(30-4)20(32-6)18(10-13)31-5)24-25-22(26)33-12-19(27)23-15-8-7-14(28-2)11-16(15)29-3/h7-11H,12H2,1-6H3,(H,23,27). The molecule has 0 spiro atoms. The molecule has 1 N–H and O–H groups in total. The Morgan fingerprint density at radius 1 is 0.909 bits per heavy atom. The van der Waals surface area contributed by atoms with Crippen LogP contribution < -0.4 is 29.0 Å². The van der Waals surface area contributed by atoms with Crippen LogP contribution in [0.1, 0.15) is 0 Å². The van der Waals surface area contributed by atoms with Crippen LogP contribution in [-0.2, 0) is 11.8 Å². The molecule has 3 aromatic rings. The normalized spacial score (nSPS) is 10.5. The Morgan fingerprint density at radius 3 is 2.15 bits per heavy atom. The Bertz CT molecular complexity index is 1110. The third-order valence-corrected chi connectivity index (χ3v) is 5.79. The summed E-state index contributed by atoms with van der Waals surface area (Å²) in [5, 5.41) is 11.9. The van der Waals surface area contributed by atoms with E-state index in [4.69, 9.17) is 23.7 Å². The monoisotopic (exact) mass is 474 g/mol. The molecule has 11 heteroatoms. The highest BCUT2D eigenvalue weighted by molar-refractivity contribution is 7.99. The van der Waals surface area contributed by atoms with Crippen molar-refractivity contribution in [3.8, 4) is 40.1 Å². The topological polar surface area (TPSA) is 106 Å². The maximum atomic E-state index is 12.5. The first-order chi connectivity index (χ1) is 15.9. The van der Waals surface area contributed by atoms with E-state index in [9.17, 15) is 4.79 Å². The van der Waals surface area contributed by atoms with Gasteiger partial charge in [0, 0.05) is 18.7 Å². The fourth-order valence-electron chi connectivity index (χ4n) is 3.12. The number of anilines is 1. The smallest absolute Gasteiger partial charge is 0.234 e. The van der Waals surface area contributed by atoms with E-state index >= 15 is 0 Å². The summed E-state index contributed by atoms with van der Waals surface area (Å²) in [6, 6.07) is 8.77. The number of ether oxygens (including phenoxy) is 5. The summed E-state index contributed by atoms with van der Waals surface area (Å²) in [5.41, 5.74) is 1.29. The van der Waals surface area contributed by atoms with Crippen LogP contribution in [0.25, 0.3) is 11.4 Å². The van der Waals surface area contributed by atoms with Gasteiger partial charge in [-0.15, -0.1) is 10.2 Å². The van der Waals surface area contributed by atoms with E-state index < -0.39 is 0 Å². The second-order valence-corrected chi connectivity index (χ2v) is 7.62. The summed E-state index contributed by atoms with van der Waals surface area (Å²) < 4.78 is 28.5. The first-order valence-corrected chi connectivity index (χ1v) is 10.8. The van der Waals surface area contributed by atoms with Crippen molar-refractivity contribution < 1.29 is 28.5 Å². The van der Waals surface area contributed by atoms with Crippen molar-refractivity contribution in [1.29, 1.82) is 0 Å². The van der Waals surface area contributed by atoms with Gasteiger partial charge in [-0.25, -0.2) is 0 Å². The number of hydrogen-bond donors (Lipinski definition) is 1. The van der Waals surface area contributed by atoms with Gasteiger partial charge in [0.05, 0.1) is 47.0 Å². The van der Waals surface area contributed by atoms with Crippen molar-refractivity contribution >= 4 is 23.4 Å². The number of carbonyl (C=O) groups excluding carboxylic acids is 1. The van der Waals surface area contributed by atoms with Gasteiger partial charge < -0.3 is 33.6 Å². The molecule has 1 amide bonds. The van der Waals surface area contributed by atoms with Crippen molar-refractivity contribution in [2.45, 2.75) is 5.16 Å². The van der Waals surface area contributed by atoms with Crippen LogP contribution in [0.4, 0.5) is 5.69 Å². The molecule has 176 valence electrons. The van der Waals surface area contributed by atoms with E-state index in [1.165, 1.54) is 18.9 Å². The van der Waals surface area contributed by atoms with Gasteiger partial charge in [-0.1, -0.05) is 11.8 Å². The molecule has 0 aliphatic heterocycles. The highest BCUT2D eigenvalue weighted by Gasteiger charge is 2.19. The Kier molecular flexibility index (Phi) is 7.88. The third kappa shape index (κ3) is 5.25. The summed E-state index contributed by atoms with van der Waals surface area (Å²) in [7, 11) is 9.57. The van der Waals surface area contributed by atoms with Crippen LogP contribution in [0.5, 0.6) is 28.7 Å². The van der Waals surface area contributed by atoms with E-state index in [2.05, 4.69) is 15.5 Å². The van der Waals surface area contributed by atoms with E-state index in [1.54, 1.807) is 63.3 Å². The molecule has 0 fully saturated rings. The predicted octanol–water partition coefficient (Wildman–Crippen LogP) is 3.26. The van der Waals surface area contributed by atoms with Crippen LogP contribution in [0.15, 0.2) is 35.5 Å². The van der Waals surface area contributed by atoms with Crippen LogP contribution in [0, 0.1) is 0 Å². The molecular weight excluding hydrogens is 448 g/mol. The van der Waals surface area contributed by atoms with Crippen molar-refractivity contribution in [3.63, 3.8) is 0 Å². The van der Waals surface area contributed by atoms with Crippen molar-refractivity contribution in [2.75, 3.05) is 46.6 Å². The molecule has 0 saturated carbocycles. The first kappa shape index (κ1) is 24.1. The van der Waals surface area contributed by atoms with E-state index in [0.29, 0.717) is 45.4 Å². The summed E-state index contributed by atoms with van der Waals surface area (Å²) >= 11 is 1.26. The van der Waals surface area contributed by atoms with Gasteiger partial charge in [-0.3, -0.25) is 4.79 Å². The zero-order valence-corrected chi connectivity index (χ0v) is 20.1. The Labute approximate surface area is 196 Å². The lowest BCUT2D eigenvalue weighted by molar-refractivity contribution is -0.113. The molecule has 0 atom stereocenters. The lowest BCUT2D eigenvalue weighted by atomic mass is 10.1. The van der Waals surface area contributed by atoms with Crippen molar-refractivity contribution in [1.82, 2.24) is 14.8 Å². The SMILES string of the molecule is COc1ccc(NC(=O)CSc2nnc(-c3cc(OC)c(OC)c(OC)c3)n2C)c(OC)c1. The third-order valence-electron chi connectivity index (χ3n) is 4.77. The van der Waals surface area contributed by atoms with E-state index in [-0.39, 0.29) is 11.7 Å². The molecule has 0 aliphatic rings. The maximum absolute atomic E-state index is 12.5. The average molecular weight is 475 g/mol. The molecule has 3 rings (SSSR count). The fraction of sp³-hybridized carbons (Fsp3) is 0.318. The highest BCUT2D eigenvalue weighted by Crippen LogP contribution is 2.41. The second-order valence-electron chi connectivity index (χ2n) is 6.68. The van der Waals surface area contributed by atoms with Gasteiger partial charge in [0.1, 0.15) is 11.5 Å². The zero-order valence-electron chi connectivity index (χ0n) is 19.3. The minimum absolute atomic E-state index is 0.135. The number of rotatable bonds is 10. The molecule has 1 heterocycles. The fourth-order valence-corrected chi connectivity index (χ4v) is 3.83. The second kappa shape index (κ2) is 10.8. The number of methoxy groups -OCH3 is 5. The molecule has 0 saturated heterocycles. The van der Waals surface area contributed by atoms with Crippen LogP contribution in [0.3, 0.4) is 0 Å². The molecule has 0 aliphatic carbocycles. The van der Waals surface area contributed by atoms with Gasteiger partial charge in [-0.05, 0) is 24.3 Å². The lowest BCUT2D eigenvalue weighted by Crippen LogP contribution is -2.15. The number of thioether (sulfide) groups is 1. The van der Waals surface area contributed by atoms with Gasteiger partial charge in [-0.2, -0.15) is 0 Å².